The third-order valence-corrected chi connectivity index (χ3v) is 7.73. The molecule has 5 rings (SSSR count). The summed E-state index contributed by atoms with van der Waals surface area (Å²) in [6.07, 6.45) is 3.18. The highest BCUT2D eigenvalue weighted by atomic mass is 16.5. The largest absolute Gasteiger partial charge is 0.496 e. The first kappa shape index (κ1) is 23.4. The molecule has 3 heteroatoms. The molecule has 0 heterocycles. The molecule has 0 radical (unpaired) electrons. The Bertz CT molecular complexity index is 1370. The minimum absolute atomic E-state index is 0.0556. The molecular weight excluding hydrogens is 432 g/mol. The topological polar surface area (TPSA) is 35.5 Å². The highest BCUT2D eigenvalue weighted by Gasteiger charge is 2.34. The average molecular weight is 467 g/mol. The van der Waals surface area contributed by atoms with E-state index in [9.17, 15) is 4.79 Å². The van der Waals surface area contributed by atoms with Crippen LogP contribution in [0, 0.1) is 17.8 Å². The zero-order valence-corrected chi connectivity index (χ0v) is 21.1. The molecular formula is C32H34O3. The number of rotatable bonds is 5. The summed E-state index contributed by atoms with van der Waals surface area (Å²) < 4.78 is 12.2. The van der Waals surface area contributed by atoms with Crippen molar-refractivity contribution in [1.82, 2.24) is 0 Å². The van der Waals surface area contributed by atoms with E-state index in [1.807, 2.05) is 42.5 Å². The first-order chi connectivity index (χ1) is 17.0. The Morgan fingerprint density at radius 3 is 2.11 bits per heavy atom. The number of hydrogen-bond acceptors (Lipinski definition) is 3. The van der Waals surface area contributed by atoms with Crippen LogP contribution in [0.5, 0.6) is 5.75 Å². The smallest absolute Gasteiger partial charge is 0.339 e. The standard InChI is InChI=1S/C32H34O3/c1-20(2)24-16-13-21(3)19-29(24)35-32(33)27-17-14-22-9-5-7-11-25(22)30(27)31-26-12-8-6-10-23(26)15-18-28(31)34-4/h5-12,14-15,17-18,20-21,24,29H,13,16,19H2,1-4H3/t21-,24+,29+/m1/s1. The maximum Gasteiger partial charge on any atom is 0.339 e. The summed E-state index contributed by atoms with van der Waals surface area (Å²) in [5.41, 5.74) is 2.41. The summed E-state index contributed by atoms with van der Waals surface area (Å²) in [7, 11) is 1.69. The van der Waals surface area contributed by atoms with Crippen molar-refractivity contribution in [3.8, 4) is 16.9 Å². The molecule has 0 saturated heterocycles. The number of esters is 1. The van der Waals surface area contributed by atoms with Crippen molar-refractivity contribution in [3.63, 3.8) is 0 Å². The fourth-order valence-corrected chi connectivity index (χ4v) is 5.84. The van der Waals surface area contributed by atoms with Crippen molar-refractivity contribution in [1.29, 1.82) is 0 Å². The van der Waals surface area contributed by atoms with E-state index in [1.165, 1.54) is 6.42 Å². The lowest BCUT2D eigenvalue weighted by Crippen LogP contribution is -2.36. The van der Waals surface area contributed by atoms with Crippen molar-refractivity contribution in [2.75, 3.05) is 7.11 Å². The highest BCUT2D eigenvalue weighted by Crippen LogP contribution is 2.43. The zero-order valence-electron chi connectivity index (χ0n) is 21.1. The summed E-state index contributed by atoms with van der Waals surface area (Å²) in [6, 6.07) is 24.5. The van der Waals surface area contributed by atoms with Gasteiger partial charge in [-0.15, -0.1) is 0 Å². The van der Waals surface area contributed by atoms with Gasteiger partial charge in [0.25, 0.3) is 0 Å². The van der Waals surface area contributed by atoms with Crippen LogP contribution in [0.1, 0.15) is 50.4 Å². The van der Waals surface area contributed by atoms with Crippen molar-refractivity contribution >= 4 is 27.5 Å². The van der Waals surface area contributed by atoms with Gasteiger partial charge < -0.3 is 9.47 Å². The second kappa shape index (κ2) is 9.73. The maximum absolute atomic E-state index is 13.9. The second-order valence-electron chi connectivity index (χ2n) is 10.3. The molecule has 0 spiro atoms. The van der Waals surface area contributed by atoms with E-state index in [0.29, 0.717) is 23.3 Å². The molecule has 0 aliphatic heterocycles. The maximum atomic E-state index is 13.9. The number of benzene rings is 4. The average Bonchev–Trinajstić information content (AvgIpc) is 2.87. The van der Waals surface area contributed by atoms with Gasteiger partial charge in [0.15, 0.2) is 0 Å². The molecule has 35 heavy (non-hydrogen) atoms. The van der Waals surface area contributed by atoms with E-state index in [-0.39, 0.29) is 12.1 Å². The Morgan fingerprint density at radius 2 is 1.46 bits per heavy atom. The van der Waals surface area contributed by atoms with Gasteiger partial charge in [0.05, 0.1) is 12.7 Å². The quantitative estimate of drug-likeness (QED) is 0.278. The predicted octanol–water partition coefficient (Wildman–Crippen LogP) is 8.29. The fraction of sp³-hybridized carbons (Fsp3) is 0.344. The number of fused-ring (bicyclic) bond motifs is 2. The van der Waals surface area contributed by atoms with E-state index in [4.69, 9.17) is 9.47 Å². The molecule has 1 fully saturated rings. The Balaban J connectivity index is 1.69. The van der Waals surface area contributed by atoms with Crippen molar-refractivity contribution < 1.29 is 14.3 Å². The van der Waals surface area contributed by atoms with Gasteiger partial charge in [0, 0.05) is 11.1 Å². The van der Waals surface area contributed by atoms with Crippen molar-refractivity contribution in [2.24, 2.45) is 17.8 Å². The lowest BCUT2D eigenvalue weighted by Gasteiger charge is -2.36. The lowest BCUT2D eigenvalue weighted by molar-refractivity contribution is -0.0173. The summed E-state index contributed by atoms with van der Waals surface area (Å²) in [4.78, 5) is 13.9. The molecule has 3 atom stereocenters. The van der Waals surface area contributed by atoms with E-state index >= 15 is 0 Å². The SMILES string of the molecule is COc1ccc2ccccc2c1-c1c(C(=O)O[C@H]2C[C@H](C)CC[C@H]2C(C)C)ccc2ccccc12. The van der Waals surface area contributed by atoms with Gasteiger partial charge >= 0.3 is 5.97 Å². The number of methoxy groups -OCH3 is 1. The molecule has 0 unspecified atom stereocenters. The van der Waals surface area contributed by atoms with Gasteiger partial charge in [0.1, 0.15) is 11.9 Å². The number of carbonyl (C=O) groups is 1. The highest BCUT2D eigenvalue weighted by molar-refractivity contribution is 6.14. The monoisotopic (exact) mass is 466 g/mol. The van der Waals surface area contributed by atoms with Crippen LogP contribution in [-0.4, -0.2) is 19.2 Å². The van der Waals surface area contributed by atoms with Crippen LogP contribution in [0.25, 0.3) is 32.7 Å². The summed E-state index contributed by atoms with van der Waals surface area (Å²) >= 11 is 0. The lowest BCUT2D eigenvalue weighted by atomic mass is 9.75. The number of hydrogen-bond donors (Lipinski definition) is 0. The molecule has 0 amide bonds. The van der Waals surface area contributed by atoms with E-state index in [0.717, 1.165) is 51.3 Å². The van der Waals surface area contributed by atoms with E-state index in [2.05, 4.69) is 51.1 Å². The minimum atomic E-state index is -0.245. The summed E-state index contributed by atoms with van der Waals surface area (Å²) in [6.45, 7) is 6.74. The molecule has 180 valence electrons. The fourth-order valence-electron chi connectivity index (χ4n) is 5.84. The first-order valence-corrected chi connectivity index (χ1v) is 12.8. The van der Waals surface area contributed by atoms with Crippen molar-refractivity contribution in [3.05, 3.63) is 78.4 Å². The summed E-state index contributed by atoms with van der Waals surface area (Å²) in [5, 5.41) is 4.27. The second-order valence-corrected chi connectivity index (χ2v) is 10.3. The van der Waals surface area contributed by atoms with Crippen LogP contribution in [0.15, 0.2) is 72.8 Å². The number of carbonyl (C=O) groups excluding carboxylic acids is 1. The number of ether oxygens (including phenoxy) is 2. The molecule has 1 saturated carbocycles. The summed E-state index contributed by atoms with van der Waals surface area (Å²) in [5.74, 6) is 1.95. The van der Waals surface area contributed by atoms with Crippen LogP contribution in [-0.2, 0) is 4.74 Å². The van der Waals surface area contributed by atoms with Crippen LogP contribution < -0.4 is 4.74 Å². The van der Waals surface area contributed by atoms with Crippen LogP contribution >= 0.6 is 0 Å². The Morgan fingerprint density at radius 1 is 0.829 bits per heavy atom. The third-order valence-electron chi connectivity index (χ3n) is 7.73. The molecule has 1 aliphatic carbocycles. The van der Waals surface area contributed by atoms with E-state index < -0.39 is 0 Å². The third kappa shape index (κ3) is 4.40. The van der Waals surface area contributed by atoms with Crippen LogP contribution in [0.4, 0.5) is 0 Å². The molecule has 4 aromatic carbocycles. The zero-order chi connectivity index (χ0) is 24.5. The first-order valence-electron chi connectivity index (χ1n) is 12.8. The molecule has 0 N–H and O–H groups in total. The molecule has 4 aromatic rings. The minimum Gasteiger partial charge on any atom is -0.496 e. The van der Waals surface area contributed by atoms with Gasteiger partial charge in [-0.1, -0.05) is 87.9 Å². The van der Waals surface area contributed by atoms with Gasteiger partial charge in [0.2, 0.25) is 0 Å². The van der Waals surface area contributed by atoms with Crippen LogP contribution in [0.3, 0.4) is 0 Å². The predicted molar refractivity (Wildman–Crippen MR) is 144 cm³/mol. The Labute approximate surface area is 208 Å². The van der Waals surface area contributed by atoms with Crippen molar-refractivity contribution in [2.45, 2.75) is 46.1 Å². The molecule has 3 nitrogen and oxygen atoms in total. The van der Waals surface area contributed by atoms with Gasteiger partial charge in [-0.25, -0.2) is 4.79 Å². The molecule has 0 bridgehead atoms. The normalized spacial score (nSPS) is 20.3. The molecule has 1 aliphatic rings. The van der Waals surface area contributed by atoms with Gasteiger partial charge in [-0.05, 0) is 64.3 Å². The Kier molecular flexibility index (Phi) is 6.51. The molecule has 0 aromatic heterocycles. The Hall–Kier alpha value is -3.33. The van der Waals surface area contributed by atoms with Crippen LogP contribution in [0.2, 0.25) is 0 Å². The van der Waals surface area contributed by atoms with E-state index in [1.54, 1.807) is 7.11 Å². The van der Waals surface area contributed by atoms with Gasteiger partial charge in [-0.3, -0.25) is 0 Å². The van der Waals surface area contributed by atoms with Gasteiger partial charge in [-0.2, -0.15) is 0 Å².